The molecule has 0 unspecified atom stereocenters. The number of halogens is 2. The summed E-state index contributed by atoms with van der Waals surface area (Å²) in [4.78, 5) is 24.9. The molecule has 0 spiro atoms. The van der Waals surface area contributed by atoms with E-state index >= 15 is 0 Å². The third kappa shape index (κ3) is 4.11. The second-order valence-corrected chi connectivity index (χ2v) is 6.02. The average molecular weight is 330 g/mol. The lowest BCUT2D eigenvalue weighted by Gasteiger charge is -2.33. The van der Waals surface area contributed by atoms with Gasteiger partial charge < -0.3 is 10.0 Å². The predicted molar refractivity (Wildman–Crippen MR) is 81.8 cm³/mol. The quantitative estimate of drug-likeness (QED) is 0.921. The smallest absolute Gasteiger partial charge is 0.326 e. The molecule has 21 heavy (non-hydrogen) atoms. The van der Waals surface area contributed by atoms with Crippen LogP contribution in [0, 0.1) is 0 Å². The second kappa shape index (κ2) is 7.14. The van der Waals surface area contributed by atoms with Crippen molar-refractivity contribution in [3.63, 3.8) is 0 Å². The van der Waals surface area contributed by atoms with E-state index in [0.717, 1.165) is 18.4 Å². The van der Waals surface area contributed by atoms with Gasteiger partial charge in [-0.1, -0.05) is 29.3 Å². The zero-order valence-electron chi connectivity index (χ0n) is 11.5. The highest BCUT2D eigenvalue weighted by atomic mass is 35.5. The Balaban J connectivity index is 1.98. The third-order valence-electron chi connectivity index (χ3n) is 3.73. The van der Waals surface area contributed by atoms with Crippen molar-refractivity contribution in [3.8, 4) is 0 Å². The fraction of sp³-hybridized carbons (Fsp3) is 0.467. The molecule has 0 aromatic heterocycles. The lowest BCUT2D eigenvalue weighted by atomic mass is 10.0. The molecule has 0 bridgehead atoms. The van der Waals surface area contributed by atoms with Gasteiger partial charge >= 0.3 is 5.97 Å². The minimum absolute atomic E-state index is 0.131. The van der Waals surface area contributed by atoms with Gasteiger partial charge in [-0.05, 0) is 43.4 Å². The van der Waals surface area contributed by atoms with E-state index in [1.807, 2.05) is 0 Å². The topological polar surface area (TPSA) is 57.6 Å². The van der Waals surface area contributed by atoms with Gasteiger partial charge in [0, 0.05) is 23.0 Å². The van der Waals surface area contributed by atoms with E-state index in [1.54, 1.807) is 18.2 Å². The van der Waals surface area contributed by atoms with E-state index in [2.05, 4.69) is 0 Å². The molecule has 0 radical (unpaired) electrons. The lowest BCUT2D eigenvalue weighted by Crippen LogP contribution is -2.48. The van der Waals surface area contributed by atoms with E-state index in [9.17, 15) is 14.7 Å². The SMILES string of the molecule is O=C(O)[C@H]1CCCCN1C(=O)CCc1ccc(Cl)cc1Cl. The molecular formula is C15H17Cl2NO3. The summed E-state index contributed by atoms with van der Waals surface area (Å²) in [6, 6.07) is 4.48. The number of nitrogens with zero attached hydrogens (tertiary/aromatic N) is 1. The number of benzene rings is 1. The molecule has 1 heterocycles. The number of hydrogen-bond donors (Lipinski definition) is 1. The Morgan fingerprint density at radius 3 is 2.71 bits per heavy atom. The molecule has 1 amide bonds. The minimum Gasteiger partial charge on any atom is -0.480 e. The Bertz CT molecular complexity index is 548. The van der Waals surface area contributed by atoms with Gasteiger partial charge in [-0.25, -0.2) is 4.79 Å². The number of aryl methyl sites for hydroxylation is 1. The van der Waals surface area contributed by atoms with Crippen molar-refractivity contribution in [2.75, 3.05) is 6.54 Å². The standard InChI is InChI=1S/C15H17Cl2NO3/c16-11-6-4-10(12(17)9-11)5-7-14(19)18-8-2-1-3-13(18)15(20)21/h4,6,9,13H,1-3,5,7-8H2,(H,20,21)/t13-/m1/s1. The number of carbonyl (C=O) groups excluding carboxylic acids is 1. The molecule has 1 atom stereocenters. The van der Waals surface area contributed by atoms with Gasteiger partial charge in [0.25, 0.3) is 0 Å². The van der Waals surface area contributed by atoms with Crippen molar-refractivity contribution >= 4 is 35.1 Å². The largest absolute Gasteiger partial charge is 0.480 e. The number of amides is 1. The first-order valence-electron chi connectivity index (χ1n) is 6.95. The van der Waals surface area contributed by atoms with Crippen molar-refractivity contribution in [1.82, 2.24) is 4.90 Å². The normalized spacial score (nSPS) is 18.6. The first-order valence-corrected chi connectivity index (χ1v) is 7.71. The Morgan fingerprint density at radius 1 is 1.29 bits per heavy atom. The van der Waals surface area contributed by atoms with Crippen molar-refractivity contribution in [2.45, 2.75) is 38.1 Å². The van der Waals surface area contributed by atoms with Crippen molar-refractivity contribution in [1.29, 1.82) is 0 Å². The summed E-state index contributed by atoms with van der Waals surface area (Å²) in [5.41, 5.74) is 0.846. The number of hydrogen-bond acceptors (Lipinski definition) is 2. The summed E-state index contributed by atoms with van der Waals surface area (Å²) in [6.45, 7) is 0.518. The first kappa shape index (κ1) is 16.1. The predicted octanol–water partition coefficient (Wildman–Crippen LogP) is 3.39. The van der Waals surface area contributed by atoms with Crippen molar-refractivity contribution < 1.29 is 14.7 Å². The van der Waals surface area contributed by atoms with E-state index in [0.29, 0.717) is 29.4 Å². The van der Waals surface area contributed by atoms with Crippen LogP contribution in [-0.4, -0.2) is 34.5 Å². The molecule has 2 rings (SSSR count). The Hall–Kier alpha value is -1.26. The van der Waals surface area contributed by atoms with E-state index in [1.165, 1.54) is 4.90 Å². The number of carbonyl (C=O) groups is 2. The van der Waals surface area contributed by atoms with Crippen LogP contribution in [0.1, 0.15) is 31.2 Å². The molecule has 4 nitrogen and oxygen atoms in total. The Kier molecular flexibility index (Phi) is 5.48. The molecule has 1 aliphatic heterocycles. The first-order chi connectivity index (χ1) is 9.99. The van der Waals surface area contributed by atoms with Crippen LogP contribution >= 0.6 is 23.2 Å². The zero-order chi connectivity index (χ0) is 15.4. The van der Waals surface area contributed by atoms with Gasteiger partial charge in [-0.3, -0.25) is 4.79 Å². The monoisotopic (exact) mass is 329 g/mol. The fourth-order valence-corrected chi connectivity index (χ4v) is 3.10. The van der Waals surface area contributed by atoms with Crippen LogP contribution in [-0.2, 0) is 16.0 Å². The molecule has 1 aliphatic rings. The third-order valence-corrected chi connectivity index (χ3v) is 4.32. The molecule has 1 fully saturated rings. The second-order valence-electron chi connectivity index (χ2n) is 5.17. The highest BCUT2D eigenvalue weighted by Crippen LogP contribution is 2.23. The molecule has 1 saturated heterocycles. The van der Waals surface area contributed by atoms with Crippen LogP contribution in [0.25, 0.3) is 0 Å². The fourth-order valence-electron chi connectivity index (χ4n) is 2.60. The van der Waals surface area contributed by atoms with Crippen LogP contribution in [0.3, 0.4) is 0 Å². The number of carboxylic acids is 1. The maximum Gasteiger partial charge on any atom is 0.326 e. The number of rotatable bonds is 4. The maximum atomic E-state index is 12.3. The lowest BCUT2D eigenvalue weighted by molar-refractivity contribution is -0.152. The van der Waals surface area contributed by atoms with Crippen molar-refractivity contribution in [3.05, 3.63) is 33.8 Å². The van der Waals surface area contributed by atoms with Gasteiger partial charge in [-0.15, -0.1) is 0 Å². The number of piperidine rings is 1. The maximum absolute atomic E-state index is 12.3. The molecule has 0 aliphatic carbocycles. The van der Waals surface area contributed by atoms with Gasteiger partial charge in [0.05, 0.1) is 0 Å². The Labute approximate surface area is 133 Å². The van der Waals surface area contributed by atoms with Crippen LogP contribution in [0.15, 0.2) is 18.2 Å². The number of aliphatic carboxylic acids is 1. The van der Waals surface area contributed by atoms with Crippen LogP contribution in [0.4, 0.5) is 0 Å². The molecule has 114 valence electrons. The molecule has 6 heteroatoms. The molecule has 0 saturated carbocycles. The summed E-state index contributed by atoms with van der Waals surface area (Å²) in [7, 11) is 0. The summed E-state index contributed by atoms with van der Waals surface area (Å²) in [5.74, 6) is -1.05. The minimum atomic E-state index is -0.924. The number of likely N-dealkylation sites (tertiary alicyclic amines) is 1. The van der Waals surface area contributed by atoms with Gasteiger partial charge in [0.15, 0.2) is 0 Å². The van der Waals surface area contributed by atoms with Crippen LogP contribution in [0.2, 0.25) is 10.0 Å². The molecular weight excluding hydrogens is 313 g/mol. The summed E-state index contributed by atoms with van der Waals surface area (Å²) >= 11 is 11.9. The van der Waals surface area contributed by atoms with E-state index in [4.69, 9.17) is 23.2 Å². The molecule has 1 aromatic rings. The summed E-state index contributed by atoms with van der Waals surface area (Å²) in [6.07, 6.45) is 2.98. The summed E-state index contributed by atoms with van der Waals surface area (Å²) < 4.78 is 0. The van der Waals surface area contributed by atoms with E-state index < -0.39 is 12.0 Å². The Morgan fingerprint density at radius 2 is 2.05 bits per heavy atom. The van der Waals surface area contributed by atoms with E-state index in [-0.39, 0.29) is 12.3 Å². The van der Waals surface area contributed by atoms with Crippen LogP contribution < -0.4 is 0 Å². The van der Waals surface area contributed by atoms with Gasteiger partial charge in [0.2, 0.25) is 5.91 Å². The van der Waals surface area contributed by atoms with Crippen molar-refractivity contribution in [2.24, 2.45) is 0 Å². The summed E-state index contributed by atoms with van der Waals surface area (Å²) in [5, 5.41) is 10.3. The van der Waals surface area contributed by atoms with Crippen LogP contribution in [0.5, 0.6) is 0 Å². The zero-order valence-corrected chi connectivity index (χ0v) is 13.0. The molecule has 1 N–H and O–H groups in total. The highest BCUT2D eigenvalue weighted by Gasteiger charge is 2.31. The average Bonchev–Trinajstić information content (AvgIpc) is 2.46. The number of carboxylic acid groups (broad SMARTS) is 1. The van der Waals surface area contributed by atoms with Gasteiger partial charge in [0.1, 0.15) is 6.04 Å². The highest BCUT2D eigenvalue weighted by molar-refractivity contribution is 6.35. The van der Waals surface area contributed by atoms with Gasteiger partial charge in [-0.2, -0.15) is 0 Å². The molecule has 1 aromatic carbocycles.